The summed E-state index contributed by atoms with van der Waals surface area (Å²) >= 11 is 0. The van der Waals surface area contributed by atoms with Crippen LogP contribution in [0.2, 0.25) is 0 Å². The molecule has 0 radical (unpaired) electrons. The van der Waals surface area contributed by atoms with Gasteiger partial charge in [-0.25, -0.2) is 8.42 Å². The van der Waals surface area contributed by atoms with Gasteiger partial charge in [0.25, 0.3) is 9.05 Å². The fourth-order valence-corrected chi connectivity index (χ4v) is 2.17. The fraction of sp³-hybridized carbons (Fsp3) is 0.125. The van der Waals surface area contributed by atoms with Crippen molar-refractivity contribution in [2.75, 3.05) is 0 Å². The highest BCUT2D eigenvalue weighted by atomic mass is 35.7. The van der Waals surface area contributed by atoms with E-state index in [1.54, 1.807) is 0 Å². The molecular weight excluding hydrogens is 329 g/mol. The van der Waals surface area contributed by atoms with Crippen molar-refractivity contribution in [1.29, 1.82) is 5.26 Å². The fourth-order valence-electron chi connectivity index (χ4n) is 1.19. The topological polar surface area (TPSA) is 110 Å². The van der Waals surface area contributed by atoms with Gasteiger partial charge in [-0.15, -0.1) is 13.2 Å². The highest BCUT2D eigenvalue weighted by Crippen LogP contribution is 2.40. The lowest BCUT2D eigenvalue weighted by Gasteiger charge is -2.12. The molecule has 0 N–H and O–H groups in total. The van der Waals surface area contributed by atoms with Gasteiger partial charge in [0.05, 0.1) is 16.6 Å². The van der Waals surface area contributed by atoms with E-state index < -0.39 is 42.2 Å². The van der Waals surface area contributed by atoms with Crippen molar-refractivity contribution >= 4 is 25.4 Å². The van der Waals surface area contributed by atoms with Crippen LogP contribution in [0.1, 0.15) is 5.56 Å². The monoisotopic (exact) mass is 330 g/mol. The number of alkyl halides is 3. The average Bonchev–Trinajstić information content (AvgIpc) is 2.25. The molecule has 0 aliphatic carbocycles. The van der Waals surface area contributed by atoms with Crippen LogP contribution in [-0.2, 0) is 9.05 Å². The molecule has 0 saturated heterocycles. The predicted molar refractivity (Wildman–Crippen MR) is 57.5 cm³/mol. The minimum absolute atomic E-state index is 0.437. The summed E-state index contributed by atoms with van der Waals surface area (Å²) in [7, 11) is 0.0882. The third kappa shape index (κ3) is 3.72. The molecule has 108 valence electrons. The van der Waals surface area contributed by atoms with E-state index >= 15 is 0 Å². The van der Waals surface area contributed by atoms with E-state index in [4.69, 9.17) is 15.9 Å². The summed E-state index contributed by atoms with van der Waals surface area (Å²) in [4.78, 5) is 8.02. The van der Waals surface area contributed by atoms with E-state index in [0.717, 1.165) is 0 Å². The highest BCUT2D eigenvalue weighted by Gasteiger charge is 2.38. The van der Waals surface area contributed by atoms with Crippen LogP contribution in [-0.4, -0.2) is 19.7 Å². The van der Waals surface area contributed by atoms with E-state index in [-0.39, 0.29) is 0 Å². The number of hydrogen-bond acceptors (Lipinski definition) is 6. The Balaban J connectivity index is 3.76. The molecule has 12 heteroatoms. The molecule has 0 aliphatic rings. The van der Waals surface area contributed by atoms with Crippen molar-refractivity contribution < 1.29 is 31.2 Å². The second-order valence-corrected chi connectivity index (χ2v) is 5.71. The quantitative estimate of drug-likeness (QED) is 0.477. The maximum absolute atomic E-state index is 12.2. The first-order valence-electron chi connectivity index (χ1n) is 4.38. The first-order chi connectivity index (χ1) is 8.95. The molecule has 0 atom stereocenters. The number of halogens is 4. The van der Waals surface area contributed by atoms with E-state index in [9.17, 15) is 31.7 Å². The molecule has 1 rings (SSSR count). The van der Waals surface area contributed by atoms with Crippen LogP contribution in [0.15, 0.2) is 17.0 Å². The predicted octanol–water partition coefficient (Wildman–Crippen LogP) is 2.29. The summed E-state index contributed by atoms with van der Waals surface area (Å²) < 4.78 is 62.2. The van der Waals surface area contributed by atoms with E-state index in [0.29, 0.717) is 12.1 Å². The van der Waals surface area contributed by atoms with Gasteiger partial charge < -0.3 is 4.74 Å². The molecule has 1 aromatic carbocycles. The lowest BCUT2D eigenvalue weighted by molar-refractivity contribution is -0.389. The minimum atomic E-state index is -5.38. The van der Waals surface area contributed by atoms with Crippen LogP contribution in [0.5, 0.6) is 5.75 Å². The largest absolute Gasteiger partial charge is 0.573 e. The van der Waals surface area contributed by atoms with E-state index in [1.807, 2.05) is 0 Å². The zero-order valence-corrected chi connectivity index (χ0v) is 10.6. The molecule has 7 nitrogen and oxygen atoms in total. The van der Waals surface area contributed by atoms with Gasteiger partial charge in [0.2, 0.25) is 5.75 Å². The molecule has 0 saturated carbocycles. The van der Waals surface area contributed by atoms with E-state index in [1.165, 1.54) is 6.07 Å². The molecule has 0 fully saturated rings. The van der Waals surface area contributed by atoms with Crippen molar-refractivity contribution in [2.24, 2.45) is 0 Å². The molecule has 0 aliphatic heterocycles. The van der Waals surface area contributed by atoms with Gasteiger partial charge >= 0.3 is 12.0 Å². The normalized spacial score (nSPS) is 11.8. The molecule has 0 amide bonds. The minimum Gasteiger partial charge on any atom is -0.397 e. The zero-order chi connectivity index (χ0) is 15.7. The van der Waals surface area contributed by atoms with Crippen LogP contribution in [0, 0.1) is 21.4 Å². The molecule has 0 bridgehead atoms. The first kappa shape index (κ1) is 16.0. The Morgan fingerprint density at radius 2 is 1.95 bits per heavy atom. The average molecular weight is 331 g/mol. The summed E-state index contributed by atoms with van der Waals surface area (Å²) in [5.74, 6) is -1.60. The van der Waals surface area contributed by atoms with Crippen molar-refractivity contribution in [2.45, 2.75) is 11.3 Å². The Morgan fingerprint density at radius 1 is 1.40 bits per heavy atom. The SMILES string of the molecule is N#Cc1cc([N+](=O)[O-])c(OC(F)(F)F)c(S(=O)(=O)Cl)c1. The number of hydrogen-bond donors (Lipinski definition) is 0. The van der Waals surface area contributed by atoms with Gasteiger partial charge in [0.15, 0.2) is 0 Å². The molecule has 1 aromatic rings. The Kier molecular flexibility index (Phi) is 4.11. The van der Waals surface area contributed by atoms with Crippen LogP contribution < -0.4 is 4.74 Å². The van der Waals surface area contributed by atoms with E-state index in [2.05, 4.69) is 4.74 Å². The number of nitrogens with zero attached hydrogens (tertiary/aromatic N) is 2. The summed E-state index contributed by atoms with van der Waals surface area (Å²) in [6.45, 7) is 0. The summed E-state index contributed by atoms with van der Waals surface area (Å²) in [6.07, 6.45) is -5.38. The summed E-state index contributed by atoms with van der Waals surface area (Å²) in [5.41, 5.74) is -1.91. The van der Waals surface area contributed by atoms with Gasteiger partial charge in [-0.05, 0) is 6.07 Å². The Labute approximate surface area is 113 Å². The Morgan fingerprint density at radius 3 is 2.30 bits per heavy atom. The Hall–Kier alpha value is -2.06. The van der Waals surface area contributed by atoms with Crippen molar-refractivity contribution in [1.82, 2.24) is 0 Å². The highest BCUT2D eigenvalue weighted by molar-refractivity contribution is 8.13. The second kappa shape index (κ2) is 5.14. The van der Waals surface area contributed by atoms with Crippen molar-refractivity contribution in [3.63, 3.8) is 0 Å². The number of benzene rings is 1. The zero-order valence-electron chi connectivity index (χ0n) is 9.01. The van der Waals surface area contributed by atoms with Crippen LogP contribution >= 0.6 is 10.7 Å². The third-order valence-corrected chi connectivity index (χ3v) is 3.17. The van der Waals surface area contributed by atoms with Gasteiger partial charge in [-0.3, -0.25) is 10.1 Å². The molecule has 0 heterocycles. The van der Waals surface area contributed by atoms with Crippen LogP contribution in [0.3, 0.4) is 0 Å². The lowest BCUT2D eigenvalue weighted by Crippen LogP contribution is -2.19. The second-order valence-electron chi connectivity index (χ2n) is 3.18. The maximum atomic E-state index is 12.2. The summed E-state index contributed by atoms with van der Waals surface area (Å²) in [6, 6.07) is 2.24. The molecule has 20 heavy (non-hydrogen) atoms. The molecule has 0 aromatic heterocycles. The first-order valence-corrected chi connectivity index (χ1v) is 6.69. The number of ether oxygens (including phenoxy) is 1. The number of nitro groups is 1. The van der Waals surface area contributed by atoms with Gasteiger partial charge in [-0.1, -0.05) is 0 Å². The smallest absolute Gasteiger partial charge is 0.397 e. The van der Waals surface area contributed by atoms with Gasteiger partial charge in [0.1, 0.15) is 4.90 Å². The van der Waals surface area contributed by atoms with Crippen LogP contribution in [0.4, 0.5) is 18.9 Å². The third-order valence-electron chi connectivity index (χ3n) is 1.84. The lowest BCUT2D eigenvalue weighted by atomic mass is 10.2. The molecule has 0 unspecified atom stereocenters. The number of nitriles is 1. The standard InChI is InChI=1S/C8H2ClF3N2O5S/c9-20(17,18)6-2-4(3-13)1-5(14(15)16)7(6)19-8(10,11)12/h1-2H. The molecular formula is C8H2ClF3N2O5S. The van der Waals surface area contributed by atoms with Gasteiger partial charge in [0, 0.05) is 16.7 Å². The summed E-state index contributed by atoms with van der Waals surface area (Å²) in [5, 5.41) is 19.2. The van der Waals surface area contributed by atoms with Crippen molar-refractivity contribution in [3.05, 3.63) is 27.8 Å². The van der Waals surface area contributed by atoms with Gasteiger partial charge in [-0.2, -0.15) is 5.26 Å². The molecule has 0 spiro atoms. The Bertz CT molecular complexity index is 710. The maximum Gasteiger partial charge on any atom is 0.573 e. The van der Waals surface area contributed by atoms with Crippen molar-refractivity contribution in [3.8, 4) is 11.8 Å². The van der Waals surface area contributed by atoms with Crippen LogP contribution in [0.25, 0.3) is 0 Å². The number of rotatable bonds is 3. The number of nitro benzene ring substituents is 1.